The van der Waals surface area contributed by atoms with Gasteiger partial charge in [-0.05, 0) is 55.2 Å². The van der Waals surface area contributed by atoms with E-state index in [1.54, 1.807) is 17.4 Å². The predicted molar refractivity (Wildman–Crippen MR) is 98.5 cm³/mol. The van der Waals surface area contributed by atoms with Gasteiger partial charge in [-0.15, -0.1) is 11.3 Å². The second-order valence-electron chi connectivity index (χ2n) is 5.93. The molecular weight excluding hydrogens is 303 g/mol. The van der Waals surface area contributed by atoms with Gasteiger partial charge in [0.1, 0.15) is 5.82 Å². The van der Waals surface area contributed by atoms with Gasteiger partial charge in [0.2, 0.25) is 0 Å². The zero-order valence-corrected chi connectivity index (χ0v) is 14.4. The smallest absolute Gasteiger partial charge is 0.132 e. The van der Waals surface area contributed by atoms with Crippen LogP contribution < -0.4 is 0 Å². The van der Waals surface area contributed by atoms with Crippen molar-refractivity contribution in [2.75, 3.05) is 0 Å². The largest absolute Gasteiger partial charge is 0.206 e. The predicted octanol–water partition coefficient (Wildman–Crippen LogP) is 6.87. The number of unbranched alkanes of at least 4 members (excludes halogenated alkanes) is 1. The van der Waals surface area contributed by atoms with Crippen molar-refractivity contribution >= 4 is 11.3 Å². The number of rotatable bonds is 5. The van der Waals surface area contributed by atoms with Crippen molar-refractivity contribution in [2.45, 2.75) is 33.1 Å². The minimum absolute atomic E-state index is 0.146. The maximum absolute atomic E-state index is 14.6. The third-order valence-corrected chi connectivity index (χ3v) is 5.24. The molecule has 0 spiro atoms. The molecule has 2 aromatic carbocycles. The molecule has 0 aliphatic heterocycles. The normalized spacial score (nSPS) is 10.9. The molecule has 2 heteroatoms. The monoisotopic (exact) mass is 324 g/mol. The fraction of sp³-hybridized carbons (Fsp3) is 0.238. The summed E-state index contributed by atoms with van der Waals surface area (Å²) in [6, 6.07) is 17.9. The Hall–Kier alpha value is -1.93. The van der Waals surface area contributed by atoms with Gasteiger partial charge in [0.05, 0.1) is 0 Å². The molecule has 0 radical (unpaired) electrons. The molecule has 0 N–H and O–H groups in total. The van der Waals surface area contributed by atoms with E-state index in [0.717, 1.165) is 22.4 Å². The van der Waals surface area contributed by atoms with Crippen LogP contribution in [0.25, 0.3) is 21.6 Å². The van der Waals surface area contributed by atoms with Crippen molar-refractivity contribution in [3.05, 3.63) is 70.9 Å². The summed E-state index contributed by atoms with van der Waals surface area (Å²) in [6.07, 6.45) is 3.46. The highest BCUT2D eigenvalue weighted by molar-refractivity contribution is 7.15. The minimum Gasteiger partial charge on any atom is -0.206 e. The lowest BCUT2D eigenvalue weighted by Gasteiger charge is -2.06. The minimum atomic E-state index is -0.146. The molecule has 0 nitrogen and oxygen atoms in total. The van der Waals surface area contributed by atoms with Gasteiger partial charge in [0, 0.05) is 15.3 Å². The Bertz CT molecular complexity index is 784. The first-order valence-electron chi connectivity index (χ1n) is 8.13. The van der Waals surface area contributed by atoms with Gasteiger partial charge >= 0.3 is 0 Å². The van der Waals surface area contributed by atoms with E-state index in [9.17, 15) is 4.39 Å². The highest BCUT2D eigenvalue weighted by atomic mass is 32.1. The molecule has 1 aromatic heterocycles. The topological polar surface area (TPSA) is 0 Å². The first-order valence-corrected chi connectivity index (χ1v) is 8.94. The molecule has 0 aliphatic rings. The maximum Gasteiger partial charge on any atom is 0.132 e. The molecule has 23 heavy (non-hydrogen) atoms. The van der Waals surface area contributed by atoms with Crippen molar-refractivity contribution in [2.24, 2.45) is 0 Å². The summed E-state index contributed by atoms with van der Waals surface area (Å²) in [5, 5.41) is 0. The molecule has 0 amide bonds. The molecule has 3 rings (SSSR count). The van der Waals surface area contributed by atoms with Gasteiger partial charge in [-0.25, -0.2) is 4.39 Å². The summed E-state index contributed by atoms with van der Waals surface area (Å²) in [7, 11) is 0. The Morgan fingerprint density at radius 3 is 2.35 bits per heavy atom. The number of halogens is 1. The van der Waals surface area contributed by atoms with Crippen LogP contribution in [-0.4, -0.2) is 0 Å². The Balaban J connectivity index is 1.87. The van der Waals surface area contributed by atoms with Crippen LogP contribution in [0.3, 0.4) is 0 Å². The molecule has 1 heterocycles. The van der Waals surface area contributed by atoms with Crippen molar-refractivity contribution in [3.63, 3.8) is 0 Å². The molecule has 118 valence electrons. The van der Waals surface area contributed by atoms with Crippen molar-refractivity contribution in [1.29, 1.82) is 0 Å². The summed E-state index contributed by atoms with van der Waals surface area (Å²) >= 11 is 1.70. The summed E-state index contributed by atoms with van der Waals surface area (Å²) in [4.78, 5) is 2.35. The van der Waals surface area contributed by atoms with Gasteiger partial charge in [0.15, 0.2) is 0 Å². The lowest BCUT2D eigenvalue weighted by molar-refractivity contribution is 0.632. The molecule has 0 unspecified atom stereocenters. The fourth-order valence-corrected chi connectivity index (χ4v) is 3.73. The van der Waals surface area contributed by atoms with Crippen LogP contribution >= 0.6 is 11.3 Å². The van der Waals surface area contributed by atoms with Crippen LogP contribution in [-0.2, 0) is 6.42 Å². The molecule has 3 aromatic rings. The number of benzene rings is 2. The number of aryl methyl sites for hydroxylation is 2. The SMILES string of the molecule is CCCCc1ccc(-c2ccc(-c3ccc(C)cc3)cc2F)s1. The highest BCUT2D eigenvalue weighted by Crippen LogP contribution is 2.33. The second kappa shape index (κ2) is 7.10. The van der Waals surface area contributed by atoms with Crippen LogP contribution in [0.2, 0.25) is 0 Å². The lowest BCUT2D eigenvalue weighted by Crippen LogP contribution is -1.85. The van der Waals surface area contributed by atoms with E-state index in [0.29, 0.717) is 5.56 Å². The van der Waals surface area contributed by atoms with E-state index >= 15 is 0 Å². The first kappa shape index (κ1) is 15.9. The quantitative estimate of drug-likeness (QED) is 0.480. The van der Waals surface area contributed by atoms with E-state index in [2.05, 4.69) is 32.0 Å². The van der Waals surface area contributed by atoms with Gasteiger partial charge in [-0.1, -0.05) is 49.2 Å². The molecular formula is C21H21FS. The van der Waals surface area contributed by atoms with Crippen LogP contribution in [0.1, 0.15) is 30.2 Å². The van der Waals surface area contributed by atoms with Crippen molar-refractivity contribution in [1.82, 2.24) is 0 Å². The van der Waals surface area contributed by atoms with E-state index in [-0.39, 0.29) is 5.82 Å². The Labute approximate surface area is 141 Å². The highest BCUT2D eigenvalue weighted by Gasteiger charge is 2.10. The van der Waals surface area contributed by atoms with Crippen molar-refractivity contribution < 1.29 is 4.39 Å². The van der Waals surface area contributed by atoms with Gasteiger partial charge in [-0.3, -0.25) is 0 Å². The van der Waals surface area contributed by atoms with Crippen LogP contribution in [0.15, 0.2) is 54.6 Å². The average Bonchev–Trinajstić information content (AvgIpc) is 3.02. The molecule has 0 aliphatic carbocycles. The second-order valence-corrected chi connectivity index (χ2v) is 7.10. The Kier molecular flexibility index (Phi) is 4.92. The first-order chi connectivity index (χ1) is 11.2. The lowest BCUT2D eigenvalue weighted by atomic mass is 10.0. The van der Waals surface area contributed by atoms with Gasteiger partial charge in [0.25, 0.3) is 0 Å². The Morgan fingerprint density at radius 1 is 0.913 bits per heavy atom. The van der Waals surface area contributed by atoms with E-state index < -0.39 is 0 Å². The zero-order valence-electron chi connectivity index (χ0n) is 13.6. The molecule has 0 atom stereocenters. The maximum atomic E-state index is 14.6. The summed E-state index contributed by atoms with van der Waals surface area (Å²) in [5.41, 5.74) is 3.89. The third kappa shape index (κ3) is 3.70. The zero-order chi connectivity index (χ0) is 16.2. The Morgan fingerprint density at radius 2 is 1.65 bits per heavy atom. The summed E-state index contributed by atoms with van der Waals surface area (Å²) in [5.74, 6) is -0.146. The van der Waals surface area contributed by atoms with E-state index in [1.165, 1.54) is 23.3 Å². The third-order valence-electron chi connectivity index (χ3n) is 4.06. The number of thiophene rings is 1. The molecule has 0 fully saturated rings. The molecule has 0 bridgehead atoms. The van der Waals surface area contributed by atoms with Crippen LogP contribution in [0.4, 0.5) is 4.39 Å². The van der Waals surface area contributed by atoms with Gasteiger partial charge < -0.3 is 0 Å². The molecule has 0 saturated heterocycles. The molecule has 0 saturated carbocycles. The average molecular weight is 324 g/mol. The number of hydrogen-bond acceptors (Lipinski definition) is 1. The summed E-state index contributed by atoms with van der Waals surface area (Å²) < 4.78 is 14.6. The standard InChI is InChI=1S/C21H21FS/c1-3-4-5-18-11-13-21(23-18)19-12-10-17(14-20(19)22)16-8-6-15(2)7-9-16/h6-14H,3-5H2,1-2H3. The van der Waals surface area contributed by atoms with E-state index in [4.69, 9.17) is 0 Å². The van der Waals surface area contributed by atoms with Crippen molar-refractivity contribution in [3.8, 4) is 21.6 Å². The van der Waals surface area contributed by atoms with E-state index in [1.807, 2.05) is 30.3 Å². The van der Waals surface area contributed by atoms with Gasteiger partial charge in [-0.2, -0.15) is 0 Å². The summed E-state index contributed by atoms with van der Waals surface area (Å²) in [6.45, 7) is 4.25. The number of hydrogen-bond donors (Lipinski definition) is 0. The van der Waals surface area contributed by atoms with Crippen LogP contribution in [0.5, 0.6) is 0 Å². The van der Waals surface area contributed by atoms with Crippen LogP contribution in [0, 0.1) is 12.7 Å². The fourth-order valence-electron chi connectivity index (χ4n) is 2.65.